The van der Waals surface area contributed by atoms with Crippen molar-refractivity contribution in [2.75, 3.05) is 0 Å². The average molecular weight is 701 g/mol. The molecule has 3 heterocycles. The van der Waals surface area contributed by atoms with Gasteiger partial charge in [-0.1, -0.05) is 133 Å². The van der Waals surface area contributed by atoms with Gasteiger partial charge in [-0.25, -0.2) is 0 Å². The Hall–Kier alpha value is -7.36. The monoisotopic (exact) mass is 700 g/mol. The molecule has 0 atom stereocenters. The van der Waals surface area contributed by atoms with Crippen molar-refractivity contribution in [3.63, 3.8) is 0 Å². The van der Waals surface area contributed by atoms with Crippen LogP contribution >= 0.6 is 0 Å². The highest BCUT2D eigenvalue weighted by Gasteiger charge is 2.19. The summed E-state index contributed by atoms with van der Waals surface area (Å²) in [5.74, 6) is 0. The zero-order valence-corrected chi connectivity index (χ0v) is 29.8. The van der Waals surface area contributed by atoms with Gasteiger partial charge in [0.2, 0.25) is 0 Å². The molecule has 0 radical (unpaired) electrons. The molecule has 3 aromatic heterocycles. The Morgan fingerprint density at radius 2 is 0.836 bits per heavy atom. The van der Waals surface area contributed by atoms with Crippen LogP contribution in [-0.2, 0) is 0 Å². The van der Waals surface area contributed by atoms with E-state index in [1.807, 2.05) is 6.07 Å². The molecule has 55 heavy (non-hydrogen) atoms. The van der Waals surface area contributed by atoms with Crippen molar-refractivity contribution in [1.29, 1.82) is 0 Å². The zero-order chi connectivity index (χ0) is 36.0. The van der Waals surface area contributed by atoms with Gasteiger partial charge in [0.15, 0.2) is 0 Å². The standard InChI is InChI=1S/C52H32N2O/c1-2-13-35(14-3-1)53-46-23-7-4-15-39(46)44-31-33(27-29-49(44)53)34-28-30-50-45(32-34)40-16-5-8-24-47(40)54(50)48-25-12-19-36-37(18-10-20-38(36)48)42-21-11-22-43-41-17-6-9-26-51(41)55-52(42)43/h1-32H. The molecular formula is C52H32N2O. The fourth-order valence-corrected chi connectivity index (χ4v) is 9.10. The second-order valence-electron chi connectivity index (χ2n) is 14.5. The first-order chi connectivity index (χ1) is 27.3. The van der Waals surface area contributed by atoms with E-state index in [1.54, 1.807) is 0 Å². The topological polar surface area (TPSA) is 23.0 Å². The number of aromatic nitrogens is 2. The molecule has 0 saturated carbocycles. The number of para-hydroxylation sites is 5. The molecule has 0 amide bonds. The van der Waals surface area contributed by atoms with Crippen LogP contribution in [0.1, 0.15) is 0 Å². The Kier molecular flexibility index (Phi) is 6.34. The molecule has 12 rings (SSSR count). The van der Waals surface area contributed by atoms with Gasteiger partial charge in [-0.15, -0.1) is 0 Å². The third kappa shape index (κ3) is 4.38. The van der Waals surface area contributed by atoms with E-state index in [9.17, 15) is 0 Å². The maximum atomic E-state index is 6.51. The first kappa shape index (κ1) is 30.1. The summed E-state index contributed by atoms with van der Waals surface area (Å²) >= 11 is 0. The lowest BCUT2D eigenvalue weighted by Crippen LogP contribution is -1.96. The lowest BCUT2D eigenvalue weighted by molar-refractivity contribution is 0.670. The molecule has 9 aromatic carbocycles. The molecule has 0 N–H and O–H groups in total. The predicted octanol–water partition coefficient (Wildman–Crippen LogP) is 14.3. The van der Waals surface area contributed by atoms with Gasteiger partial charge in [0, 0.05) is 49.0 Å². The molecule has 0 aliphatic carbocycles. The minimum atomic E-state index is 0.911. The molecule has 0 unspecified atom stereocenters. The van der Waals surface area contributed by atoms with Crippen LogP contribution in [-0.4, -0.2) is 9.13 Å². The fourth-order valence-electron chi connectivity index (χ4n) is 9.10. The number of benzene rings is 9. The molecule has 0 aliphatic heterocycles. The number of nitrogens with zero attached hydrogens (tertiary/aromatic N) is 2. The summed E-state index contributed by atoms with van der Waals surface area (Å²) in [6.45, 7) is 0. The average Bonchev–Trinajstić information content (AvgIpc) is 3.91. The summed E-state index contributed by atoms with van der Waals surface area (Å²) in [5, 5.41) is 9.65. The normalized spacial score (nSPS) is 12.0. The Balaban J connectivity index is 1.04. The van der Waals surface area contributed by atoms with E-state index in [2.05, 4.69) is 197 Å². The first-order valence-electron chi connectivity index (χ1n) is 18.9. The van der Waals surface area contributed by atoms with Gasteiger partial charge in [-0.3, -0.25) is 0 Å². The van der Waals surface area contributed by atoms with E-state index in [4.69, 9.17) is 4.42 Å². The van der Waals surface area contributed by atoms with Gasteiger partial charge < -0.3 is 13.6 Å². The highest BCUT2D eigenvalue weighted by Crippen LogP contribution is 2.42. The second-order valence-corrected chi connectivity index (χ2v) is 14.5. The van der Waals surface area contributed by atoms with Crippen LogP contribution in [0.4, 0.5) is 0 Å². The molecule has 0 aliphatic rings. The number of furan rings is 1. The van der Waals surface area contributed by atoms with Gasteiger partial charge in [-0.2, -0.15) is 0 Å². The quantitative estimate of drug-likeness (QED) is 0.179. The lowest BCUT2D eigenvalue weighted by atomic mass is 9.96. The molecule has 3 heteroatoms. The van der Waals surface area contributed by atoms with Crippen LogP contribution in [0.25, 0.3) is 110 Å². The number of hydrogen-bond acceptors (Lipinski definition) is 1. The fraction of sp³-hybridized carbons (Fsp3) is 0. The van der Waals surface area contributed by atoms with Crippen molar-refractivity contribution in [3.05, 3.63) is 194 Å². The SMILES string of the molecule is c1ccc(-n2c3ccccc3c3cc(-c4ccc5c(c4)c4ccccc4n5-c4cccc5c(-c6cccc7c6oc6ccccc67)cccc45)ccc32)cc1. The third-order valence-corrected chi connectivity index (χ3v) is 11.5. The van der Waals surface area contributed by atoms with Crippen molar-refractivity contribution in [2.45, 2.75) is 0 Å². The molecular weight excluding hydrogens is 669 g/mol. The Morgan fingerprint density at radius 1 is 0.309 bits per heavy atom. The van der Waals surface area contributed by atoms with Crippen LogP contribution in [0.15, 0.2) is 199 Å². The van der Waals surface area contributed by atoms with E-state index in [0.717, 1.165) is 38.8 Å². The molecule has 3 nitrogen and oxygen atoms in total. The highest BCUT2D eigenvalue weighted by atomic mass is 16.3. The van der Waals surface area contributed by atoms with Crippen LogP contribution in [0.3, 0.4) is 0 Å². The molecule has 256 valence electrons. The summed E-state index contributed by atoms with van der Waals surface area (Å²) in [5.41, 5.74) is 13.6. The Labute approximate surface area is 316 Å². The van der Waals surface area contributed by atoms with Crippen LogP contribution < -0.4 is 0 Å². The number of hydrogen-bond donors (Lipinski definition) is 0. The van der Waals surface area contributed by atoms with Crippen LogP contribution in [0, 0.1) is 0 Å². The minimum Gasteiger partial charge on any atom is -0.455 e. The van der Waals surface area contributed by atoms with Gasteiger partial charge in [-0.05, 0) is 82.7 Å². The summed E-state index contributed by atoms with van der Waals surface area (Å²) in [4.78, 5) is 0. The molecule has 0 bridgehead atoms. The van der Waals surface area contributed by atoms with Crippen molar-refractivity contribution in [3.8, 4) is 33.6 Å². The summed E-state index contributed by atoms with van der Waals surface area (Å²) in [6.07, 6.45) is 0. The molecule has 0 saturated heterocycles. The van der Waals surface area contributed by atoms with Gasteiger partial charge >= 0.3 is 0 Å². The van der Waals surface area contributed by atoms with E-state index in [1.165, 1.54) is 71.2 Å². The highest BCUT2D eigenvalue weighted by molar-refractivity contribution is 6.16. The predicted molar refractivity (Wildman–Crippen MR) is 231 cm³/mol. The Bertz CT molecular complexity index is 3490. The lowest BCUT2D eigenvalue weighted by Gasteiger charge is -2.14. The summed E-state index contributed by atoms with van der Waals surface area (Å²) in [7, 11) is 0. The molecule has 0 spiro atoms. The second kappa shape index (κ2) is 11.6. The van der Waals surface area contributed by atoms with Crippen molar-refractivity contribution in [2.24, 2.45) is 0 Å². The minimum absolute atomic E-state index is 0.911. The maximum Gasteiger partial charge on any atom is 0.143 e. The van der Waals surface area contributed by atoms with E-state index < -0.39 is 0 Å². The maximum absolute atomic E-state index is 6.51. The van der Waals surface area contributed by atoms with Crippen LogP contribution in [0.5, 0.6) is 0 Å². The molecule has 12 aromatic rings. The summed E-state index contributed by atoms with van der Waals surface area (Å²) in [6, 6.07) is 70.2. The van der Waals surface area contributed by atoms with Gasteiger partial charge in [0.1, 0.15) is 11.2 Å². The number of fused-ring (bicyclic) bond motifs is 10. The zero-order valence-electron chi connectivity index (χ0n) is 29.8. The number of rotatable bonds is 4. The largest absolute Gasteiger partial charge is 0.455 e. The van der Waals surface area contributed by atoms with E-state index in [0.29, 0.717) is 0 Å². The summed E-state index contributed by atoms with van der Waals surface area (Å²) < 4.78 is 11.3. The van der Waals surface area contributed by atoms with Crippen molar-refractivity contribution < 1.29 is 4.42 Å². The van der Waals surface area contributed by atoms with Crippen molar-refractivity contribution >= 4 is 76.3 Å². The first-order valence-corrected chi connectivity index (χ1v) is 18.9. The van der Waals surface area contributed by atoms with Crippen molar-refractivity contribution in [1.82, 2.24) is 9.13 Å². The van der Waals surface area contributed by atoms with E-state index in [-0.39, 0.29) is 0 Å². The smallest absolute Gasteiger partial charge is 0.143 e. The molecule has 0 fully saturated rings. The van der Waals surface area contributed by atoms with Gasteiger partial charge in [0.25, 0.3) is 0 Å². The van der Waals surface area contributed by atoms with Crippen LogP contribution in [0.2, 0.25) is 0 Å². The van der Waals surface area contributed by atoms with Gasteiger partial charge in [0.05, 0.1) is 27.8 Å². The third-order valence-electron chi connectivity index (χ3n) is 11.5. The Morgan fingerprint density at radius 3 is 1.58 bits per heavy atom. The van der Waals surface area contributed by atoms with E-state index >= 15 is 0 Å².